The van der Waals surface area contributed by atoms with E-state index in [2.05, 4.69) is 9.97 Å². The number of nitrogens with zero attached hydrogens (tertiary/aromatic N) is 2. The Morgan fingerprint density at radius 3 is 2.43 bits per heavy atom. The molecule has 3 aromatic rings. The topological polar surface area (TPSA) is 66.1 Å². The molecule has 0 amide bonds. The summed E-state index contributed by atoms with van der Waals surface area (Å²) in [5.41, 5.74) is 1.73. The van der Waals surface area contributed by atoms with Crippen LogP contribution in [0, 0.1) is 0 Å². The summed E-state index contributed by atoms with van der Waals surface area (Å²) in [5.74, 6) is 0.623. The molecule has 2 aromatic carbocycles. The molecule has 0 atom stereocenters. The molecule has 0 radical (unpaired) electrons. The van der Waals surface area contributed by atoms with Crippen LogP contribution in [0.2, 0.25) is 0 Å². The fraction of sp³-hybridized carbons (Fsp3) is 0.133. The van der Waals surface area contributed by atoms with E-state index in [1.807, 2.05) is 24.3 Å². The van der Waals surface area contributed by atoms with Gasteiger partial charge in [0, 0.05) is 7.05 Å². The smallest absolute Gasteiger partial charge is 0.243 e. The van der Waals surface area contributed by atoms with Crippen molar-refractivity contribution in [3.63, 3.8) is 0 Å². The van der Waals surface area contributed by atoms with Gasteiger partial charge in [0.05, 0.1) is 22.5 Å². The van der Waals surface area contributed by atoms with Gasteiger partial charge in [0.2, 0.25) is 10.0 Å². The molecule has 1 heterocycles. The van der Waals surface area contributed by atoms with E-state index in [4.69, 9.17) is 0 Å². The van der Waals surface area contributed by atoms with Crippen LogP contribution in [-0.2, 0) is 16.6 Å². The third-order valence-electron chi connectivity index (χ3n) is 3.26. The Morgan fingerprint density at radius 1 is 1.05 bits per heavy atom. The number of benzene rings is 2. The molecule has 0 fully saturated rings. The zero-order chi connectivity index (χ0) is 14.9. The van der Waals surface area contributed by atoms with Gasteiger partial charge < -0.3 is 4.98 Å². The summed E-state index contributed by atoms with van der Waals surface area (Å²) in [6.07, 6.45) is 0. The Balaban J connectivity index is 1.87. The minimum absolute atomic E-state index is 0.200. The Labute approximate surface area is 123 Å². The molecule has 1 aromatic heterocycles. The number of hydrogen-bond acceptors (Lipinski definition) is 3. The zero-order valence-electron chi connectivity index (χ0n) is 11.5. The number of fused-ring (bicyclic) bond motifs is 1. The lowest BCUT2D eigenvalue weighted by Crippen LogP contribution is -2.26. The van der Waals surface area contributed by atoms with Gasteiger partial charge in [-0.15, -0.1) is 0 Å². The van der Waals surface area contributed by atoms with Gasteiger partial charge in [0.15, 0.2) is 0 Å². The molecule has 0 aliphatic carbocycles. The van der Waals surface area contributed by atoms with E-state index in [1.54, 1.807) is 37.4 Å². The van der Waals surface area contributed by atoms with E-state index in [9.17, 15) is 8.42 Å². The summed E-state index contributed by atoms with van der Waals surface area (Å²) in [4.78, 5) is 7.81. The number of aromatic amines is 1. The number of para-hydroxylation sites is 2. The maximum Gasteiger partial charge on any atom is 0.243 e. The number of aromatic nitrogens is 2. The molecule has 0 saturated carbocycles. The van der Waals surface area contributed by atoms with Crippen LogP contribution < -0.4 is 0 Å². The molecule has 0 spiro atoms. The molecule has 6 heteroatoms. The summed E-state index contributed by atoms with van der Waals surface area (Å²) in [5, 5.41) is 0. The van der Waals surface area contributed by atoms with Crippen LogP contribution in [0.1, 0.15) is 5.82 Å². The number of sulfonamides is 1. The summed E-state index contributed by atoms with van der Waals surface area (Å²) in [6, 6.07) is 16.0. The first kappa shape index (κ1) is 13.8. The van der Waals surface area contributed by atoms with Crippen LogP contribution in [0.25, 0.3) is 11.0 Å². The molecule has 0 bridgehead atoms. The highest BCUT2D eigenvalue weighted by molar-refractivity contribution is 7.89. The molecular formula is C15H15N3O2S. The number of rotatable bonds is 4. The number of nitrogens with one attached hydrogen (secondary N) is 1. The third-order valence-corrected chi connectivity index (χ3v) is 5.08. The first-order valence-corrected chi connectivity index (χ1v) is 7.96. The van der Waals surface area contributed by atoms with E-state index in [1.165, 1.54) is 4.31 Å². The van der Waals surface area contributed by atoms with Crippen LogP contribution in [0.15, 0.2) is 59.5 Å². The largest absolute Gasteiger partial charge is 0.341 e. The van der Waals surface area contributed by atoms with Crippen molar-refractivity contribution in [3.8, 4) is 0 Å². The minimum atomic E-state index is -3.50. The fourth-order valence-electron chi connectivity index (χ4n) is 2.15. The summed E-state index contributed by atoms with van der Waals surface area (Å²) >= 11 is 0. The first-order valence-electron chi connectivity index (χ1n) is 6.52. The van der Waals surface area contributed by atoms with E-state index in [0.717, 1.165) is 11.0 Å². The van der Waals surface area contributed by atoms with Crippen LogP contribution in [0.4, 0.5) is 0 Å². The molecule has 0 aliphatic rings. The van der Waals surface area contributed by atoms with E-state index in [-0.39, 0.29) is 11.4 Å². The Morgan fingerprint density at radius 2 is 1.71 bits per heavy atom. The number of H-pyrrole nitrogens is 1. The van der Waals surface area contributed by atoms with Crippen LogP contribution in [0.5, 0.6) is 0 Å². The highest BCUT2D eigenvalue weighted by Crippen LogP contribution is 2.17. The van der Waals surface area contributed by atoms with Crippen molar-refractivity contribution in [3.05, 3.63) is 60.4 Å². The Kier molecular flexibility index (Phi) is 3.48. The van der Waals surface area contributed by atoms with Crippen molar-refractivity contribution >= 4 is 21.1 Å². The molecule has 0 unspecified atom stereocenters. The molecule has 0 saturated heterocycles. The van der Waals surface area contributed by atoms with Gasteiger partial charge in [-0.05, 0) is 24.3 Å². The second-order valence-electron chi connectivity index (χ2n) is 4.77. The van der Waals surface area contributed by atoms with Crippen LogP contribution >= 0.6 is 0 Å². The second kappa shape index (κ2) is 5.31. The van der Waals surface area contributed by atoms with E-state index in [0.29, 0.717) is 5.82 Å². The van der Waals surface area contributed by atoms with Crippen molar-refractivity contribution in [1.29, 1.82) is 0 Å². The van der Waals surface area contributed by atoms with Crippen molar-refractivity contribution < 1.29 is 8.42 Å². The van der Waals surface area contributed by atoms with Crippen molar-refractivity contribution in [2.24, 2.45) is 0 Å². The fourth-order valence-corrected chi connectivity index (χ4v) is 3.30. The van der Waals surface area contributed by atoms with Crippen molar-refractivity contribution in [1.82, 2.24) is 14.3 Å². The maximum atomic E-state index is 12.4. The first-order chi connectivity index (χ1) is 10.1. The van der Waals surface area contributed by atoms with Crippen LogP contribution in [0.3, 0.4) is 0 Å². The van der Waals surface area contributed by atoms with Crippen LogP contribution in [-0.4, -0.2) is 29.7 Å². The Bertz CT molecular complexity index is 824. The molecule has 3 rings (SSSR count). The van der Waals surface area contributed by atoms with Crippen molar-refractivity contribution in [2.75, 3.05) is 7.05 Å². The lowest BCUT2D eigenvalue weighted by atomic mass is 10.3. The molecule has 0 aliphatic heterocycles. The number of imidazole rings is 1. The molecule has 5 nitrogen and oxygen atoms in total. The monoisotopic (exact) mass is 301 g/mol. The van der Waals surface area contributed by atoms with Gasteiger partial charge in [-0.2, -0.15) is 4.31 Å². The summed E-state index contributed by atoms with van der Waals surface area (Å²) in [7, 11) is -1.95. The number of hydrogen-bond donors (Lipinski definition) is 1. The van der Waals surface area contributed by atoms with Gasteiger partial charge in [0.25, 0.3) is 0 Å². The van der Waals surface area contributed by atoms with Gasteiger partial charge in [-0.1, -0.05) is 30.3 Å². The molecule has 108 valence electrons. The predicted molar refractivity (Wildman–Crippen MR) is 81.2 cm³/mol. The summed E-state index contributed by atoms with van der Waals surface area (Å²) < 4.78 is 26.2. The van der Waals surface area contributed by atoms with Gasteiger partial charge in [-0.25, -0.2) is 13.4 Å². The molecule has 21 heavy (non-hydrogen) atoms. The van der Waals surface area contributed by atoms with E-state index < -0.39 is 10.0 Å². The third kappa shape index (κ3) is 2.68. The quantitative estimate of drug-likeness (QED) is 0.804. The lowest BCUT2D eigenvalue weighted by molar-refractivity contribution is 0.458. The SMILES string of the molecule is CN(Cc1nc2ccccc2[nH]1)S(=O)(=O)c1ccccc1. The van der Waals surface area contributed by atoms with Gasteiger partial charge in [0.1, 0.15) is 5.82 Å². The van der Waals surface area contributed by atoms with Gasteiger partial charge >= 0.3 is 0 Å². The maximum absolute atomic E-state index is 12.4. The average molecular weight is 301 g/mol. The van der Waals surface area contributed by atoms with Gasteiger partial charge in [-0.3, -0.25) is 0 Å². The van der Waals surface area contributed by atoms with E-state index >= 15 is 0 Å². The minimum Gasteiger partial charge on any atom is -0.341 e. The summed E-state index contributed by atoms with van der Waals surface area (Å²) in [6.45, 7) is 0.200. The molecule has 1 N–H and O–H groups in total. The molecular weight excluding hydrogens is 286 g/mol. The zero-order valence-corrected chi connectivity index (χ0v) is 12.3. The predicted octanol–water partition coefficient (Wildman–Crippen LogP) is 2.38. The van der Waals surface area contributed by atoms with Crippen molar-refractivity contribution in [2.45, 2.75) is 11.4 Å². The standard InChI is InChI=1S/C15H15N3O2S/c1-18(21(19,20)12-7-3-2-4-8-12)11-15-16-13-9-5-6-10-14(13)17-15/h2-10H,11H2,1H3,(H,16,17). The highest BCUT2D eigenvalue weighted by Gasteiger charge is 2.21. The lowest BCUT2D eigenvalue weighted by Gasteiger charge is -2.15. The normalized spacial score (nSPS) is 12.1. The Hall–Kier alpha value is -2.18. The highest BCUT2D eigenvalue weighted by atomic mass is 32.2. The second-order valence-corrected chi connectivity index (χ2v) is 6.82. The average Bonchev–Trinajstić information content (AvgIpc) is 2.90.